The number of carbonyl (C=O) groups is 2. The SMILES string of the molecule is N#C/C(=C\c1c(Cl)cccc1Cl)C(=O)Nc1ccccc1C(=O)O. The van der Waals surface area contributed by atoms with Crippen LogP contribution in [0.25, 0.3) is 6.08 Å². The van der Waals surface area contributed by atoms with Crippen molar-refractivity contribution in [3.05, 3.63) is 69.2 Å². The number of anilines is 1. The third-order valence-corrected chi connectivity index (χ3v) is 3.72. The normalized spacial score (nSPS) is 10.8. The van der Waals surface area contributed by atoms with Gasteiger partial charge in [-0.3, -0.25) is 4.79 Å². The first kappa shape index (κ1) is 17.5. The zero-order chi connectivity index (χ0) is 17.7. The molecule has 0 spiro atoms. The van der Waals surface area contributed by atoms with Crippen LogP contribution < -0.4 is 5.32 Å². The van der Waals surface area contributed by atoms with Crippen LogP contribution in [0.3, 0.4) is 0 Å². The first-order valence-electron chi connectivity index (χ1n) is 6.63. The molecule has 0 bridgehead atoms. The number of nitrogens with zero attached hydrogens (tertiary/aromatic N) is 1. The summed E-state index contributed by atoms with van der Waals surface area (Å²) in [5.74, 6) is -1.95. The van der Waals surface area contributed by atoms with Crippen molar-refractivity contribution in [3.63, 3.8) is 0 Å². The van der Waals surface area contributed by atoms with Gasteiger partial charge in [-0.2, -0.15) is 5.26 Å². The summed E-state index contributed by atoms with van der Waals surface area (Å²) in [7, 11) is 0. The van der Waals surface area contributed by atoms with E-state index in [2.05, 4.69) is 5.32 Å². The number of nitriles is 1. The van der Waals surface area contributed by atoms with Gasteiger partial charge in [0.15, 0.2) is 0 Å². The van der Waals surface area contributed by atoms with E-state index in [1.807, 2.05) is 0 Å². The number of rotatable bonds is 4. The molecule has 0 saturated carbocycles. The third kappa shape index (κ3) is 3.93. The molecule has 0 fully saturated rings. The van der Waals surface area contributed by atoms with Crippen molar-refractivity contribution < 1.29 is 14.7 Å². The Kier molecular flexibility index (Phi) is 5.59. The highest BCUT2D eigenvalue weighted by Crippen LogP contribution is 2.27. The zero-order valence-corrected chi connectivity index (χ0v) is 13.6. The predicted octanol–water partition coefficient (Wildman–Crippen LogP) is 4.24. The third-order valence-electron chi connectivity index (χ3n) is 3.06. The molecule has 2 aromatic rings. The van der Waals surface area contributed by atoms with Gasteiger partial charge in [-0.25, -0.2) is 4.79 Å². The maximum atomic E-state index is 12.3. The lowest BCUT2D eigenvalue weighted by molar-refractivity contribution is -0.112. The van der Waals surface area contributed by atoms with Gasteiger partial charge in [0.1, 0.15) is 11.6 Å². The number of nitrogens with one attached hydrogen (secondary N) is 1. The van der Waals surface area contributed by atoms with Crippen LogP contribution in [0.2, 0.25) is 10.0 Å². The molecule has 0 aliphatic heterocycles. The molecule has 0 atom stereocenters. The van der Waals surface area contributed by atoms with Gasteiger partial charge in [-0.05, 0) is 30.3 Å². The quantitative estimate of drug-likeness (QED) is 0.630. The van der Waals surface area contributed by atoms with Crippen molar-refractivity contribution in [2.24, 2.45) is 0 Å². The van der Waals surface area contributed by atoms with Crippen molar-refractivity contribution in [2.75, 3.05) is 5.32 Å². The predicted molar refractivity (Wildman–Crippen MR) is 92.1 cm³/mol. The standard InChI is InChI=1S/C17H10Cl2N2O3/c18-13-5-3-6-14(19)12(13)8-10(9-20)16(22)21-15-7-2-1-4-11(15)17(23)24/h1-8H,(H,21,22)(H,23,24)/b10-8+. The number of carboxylic acids is 1. The summed E-state index contributed by atoms with van der Waals surface area (Å²) in [4.78, 5) is 23.4. The van der Waals surface area contributed by atoms with Gasteiger partial charge in [0.25, 0.3) is 5.91 Å². The molecule has 0 aliphatic carbocycles. The minimum Gasteiger partial charge on any atom is -0.478 e. The second kappa shape index (κ2) is 7.64. The molecule has 0 heterocycles. The topological polar surface area (TPSA) is 90.2 Å². The Hall–Kier alpha value is -2.81. The summed E-state index contributed by atoms with van der Waals surface area (Å²) in [5.41, 5.74) is 0.0737. The van der Waals surface area contributed by atoms with Crippen LogP contribution >= 0.6 is 23.2 Å². The molecule has 0 saturated heterocycles. The summed E-state index contributed by atoms with van der Waals surface area (Å²) < 4.78 is 0. The molecule has 0 aromatic heterocycles. The zero-order valence-electron chi connectivity index (χ0n) is 12.1. The number of halogens is 2. The molecule has 0 unspecified atom stereocenters. The summed E-state index contributed by atoms with van der Waals surface area (Å²) in [6, 6.07) is 12.4. The first-order valence-corrected chi connectivity index (χ1v) is 7.39. The Balaban J connectivity index is 2.36. The monoisotopic (exact) mass is 360 g/mol. The second-order valence-corrected chi connectivity index (χ2v) is 5.42. The number of aromatic carboxylic acids is 1. The average Bonchev–Trinajstić information content (AvgIpc) is 2.55. The molecule has 7 heteroatoms. The van der Waals surface area contributed by atoms with Crippen molar-refractivity contribution in [3.8, 4) is 6.07 Å². The second-order valence-electron chi connectivity index (χ2n) is 4.61. The lowest BCUT2D eigenvalue weighted by atomic mass is 10.1. The van der Waals surface area contributed by atoms with E-state index in [1.165, 1.54) is 24.3 Å². The Bertz CT molecular complexity index is 865. The highest BCUT2D eigenvalue weighted by Gasteiger charge is 2.15. The van der Waals surface area contributed by atoms with Gasteiger partial charge in [-0.15, -0.1) is 0 Å². The number of para-hydroxylation sites is 1. The van der Waals surface area contributed by atoms with Crippen molar-refractivity contribution in [1.82, 2.24) is 0 Å². The van der Waals surface area contributed by atoms with Crippen LogP contribution in [0.4, 0.5) is 5.69 Å². The van der Waals surface area contributed by atoms with E-state index in [4.69, 9.17) is 28.3 Å². The first-order chi connectivity index (χ1) is 11.4. The molecule has 0 radical (unpaired) electrons. The fourth-order valence-electron chi connectivity index (χ4n) is 1.91. The van der Waals surface area contributed by atoms with Crippen LogP contribution in [-0.4, -0.2) is 17.0 Å². The lowest BCUT2D eigenvalue weighted by Gasteiger charge is -2.08. The van der Waals surface area contributed by atoms with Crippen LogP contribution in [0.5, 0.6) is 0 Å². The Morgan fingerprint density at radius 3 is 2.29 bits per heavy atom. The molecule has 5 nitrogen and oxygen atoms in total. The highest BCUT2D eigenvalue weighted by molar-refractivity contribution is 6.37. The average molecular weight is 361 g/mol. The van der Waals surface area contributed by atoms with Crippen LogP contribution in [0.1, 0.15) is 15.9 Å². The van der Waals surface area contributed by atoms with E-state index < -0.39 is 11.9 Å². The Morgan fingerprint density at radius 2 is 1.71 bits per heavy atom. The summed E-state index contributed by atoms with van der Waals surface area (Å²) in [6.45, 7) is 0. The van der Waals surface area contributed by atoms with Gasteiger partial charge in [0.2, 0.25) is 0 Å². The minimum absolute atomic E-state index is 0.0843. The maximum absolute atomic E-state index is 12.3. The number of amides is 1. The van der Waals surface area contributed by atoms with Crippen LogP contribution in [-0.2, 0) is 4.79 Å². The van der Waals surface area contributed by atoms with Crippen molar-refractivity contribution in [1.29, 1.82) is 5.26 Å². The van der Waals surface area contributed by atoms with E-state index in [0.29, 0.717) is 5.56 Å². The van der Waals surface area contributed by atoms with Crippen molar-refractivity contribution >= 4 is 46.8 Å². The molecule has 2 aromatic carbocycles. The Morgan fingerprint density at radius 1 is 1.08 bits per heavy atom. The summed E-state index contributed by atoms with van der Waals surface area (Å²) >= 11 is 12.0. The fraction of sp³-hybridized carbons (Fsp3) is 0. The van der Waals surface area contributed by atoms with Gasteiger partial charge in [-0.1, -0.05) is 41.4 Å². The summed E-state index contributed by atoms with van der Waals surface area (Å²) in [6.07, 6.45) is 1.25. The summed E-state index contributed by atoms with van der Waals surface area (Å²) in [5, 5.41) is 21.3. The molecule has 2 rings (SSSR count). The van der Waals surface area contributed by atoms with E-state index in [1.54, 1.807) is 30.3 Å². The van der Waals surface area contributed by atoms with Gasteiger partial charge in [0, 0.05) is 15.6 Å². The van der Waals surface area contributed by atoms with Crippen molar-refractivity contribution in [2.45, 2.75) is 0 Å². The van der Waals surface area contributed by atoms with Crippen LogP contribution in [0.15, 0.2) is 48.0 Å². The number of hydrogen-bond donors (Lipinski definition) is 2. The van der Waals surface area contributed by atoms with Gasteiger partial charge < -0.3 is 10.4 Å². The Labute approximate surface area is 147 Å². The number of hydrogen-bond acceptors (Lipinski definition) is 3. The van der Waals surface area contributed by atoms with E-state index in [0.717, 1.165) is 0 Å². The smallest absolute Gasteiger partial charge is 0.337 e. The fourth-order valence-corrected chi connectivity index (χ4v) is 2.42. The van der Waals surface area contributed by atoms with Gasteiger partial charge in [0.05, 0.1) is 11.3 Å². The minimum atomic E-state index is -1.19. The molecule has 120 valence electrons. The highest BCUT2D eigenvalue weighted by atomic mass is 35.5. The molecule has 24 heavy (non-hydrogen) atoms. The number of benzene rings is 2. The molecular weight excluding hydrogens is 351 g/mol. The molecule has 1 amide bonds. The number of carbonyl (C=O) groups excluding carboxylic acids is 1. The van der Waals surface area contributed by atoms with Crippen LogP contribution in [0, 0.1) is 11.3 Å². The molecule has 2 N–H and O–H groups in total. The van der Waals surface area contributed by atoms with E-state index >= 15 is 0 Å². The molecular formula is C17H10Cl2N2O3. The molecule has 0 aliphatic rings. The number of carboxylic acid groups (broad SMARTS) is 1. The maximum Gasteiger partial charge on any atom is 0.337 e. The van der Waals surface area contributed by atoms with E-state index in [-0.39, 0.29) is 26.9 Å². The lowest BCUT2D eigenvalue weighted by Crippen LogP contribution is -2.16. The largest absolute Gasteiger partial charge is 0.478 e. The van der Waals surface area contributed by atoms with Gasteiger partial charge >= 0.3 is 5.97 Å². The van der Waals surface area contributed by atoms with E-state index in [9.17, 15) is 14.9 Å².